The van der Waals surface area contributed by atoms with Gasteiger partial charge in [-0.15, -0.1) is 0 Å². The number of ether oxygens (including phenoxy) is 2. The minimum atomic E-state index is -1.35. The minimum Gasteiger partial charge on any atom is -0.493 e. The number of carboxylic acids is 1. The molecule has 3 aromatic rings. The molecule has 6 nitrogen and oxygen atoms in total. The van der Waals surface area contributed by atoms with Crippen LogP contribution in [0.2, 0.25) is 0 Å². The van der Waals surface area contributed by atoms with Crippen LogP contribution in [0.15, 0.2) is 54.6 Å². The van der Waals surface area contributed by atoms with Crippen LogP contribution in [-0.2, 0) is 6.54 Å². The number of rotatable bonds is 11. The Morgan fingerprint density at radius 3 is 2.15 bits per heavy atom. The molecule has 0 saturated carbocycles. The number of piperidine rings is 1. The van der Waals surface area contributed by atoms with E-state index < -0.39 is 11.6 Å². The largest absolute Gasteiger partial charge is 0.493 e. The average molecular weight is 539 g/mol. The van der Waals surface area contributed by atoms with E-state index in [1.165, 1.54) is 12.1 Å². The number of hydrogen-bond acceptors (Lipinski definition) is 5. The number of carboxylic acid groups (broad SMARTS) is 1. The van der Waals surface area contributed by atoms with Gasteiger partial charge in [0.1, 0.15) is 23.0 Å². The van der Waals surface area contributed by atoms with Crippen LogP contribution in [0.25, 0.3) is 11.1 Å². The van der Waals surface area contributed by atoms with Crippen LogP contribution >= 0.6 is 0 Å². The molecule has 2 N–H and O–H groups in total. The first-order valence-electron chi connectivity index (χ1n) is 13.4. The summed E-state index contributed by atoms with van der Waals surface area (Å²) < 4.78 is 41.1. The highest BCUT2D eigenvalue weighted by atomic mass is 19.1. The molecule has 4 rings (SSSR count). The fourth-order valence-corrected chi connectivity index (χ4v) is 5.00. The van der Waals surface area contributed by atoms with Crippen molar-refractivity contribution in [3.63, 3.8) is 0 Å². The molecular weight excluding hydrogens is 502 g/mol. The number of aromatic carboxylic acids is 1. The second-order valence-corrected chi connectivity index (χ2v) is 9.96. The maximum atomic E-state index is 15.6. The number of halogens is 2. The molecule has 1 aliphatic rings. The molecule has 8 heteroatoms. The van der Waals surface area contributed by atoms with Gasteiger partial charge in [0.05, 0.1) is 24.3 Å². The number of nitrogens with one attached hydrogen (secondary N) is 1. The summed E-state index contributed by atoms with van der Waals surface area (Å²) in [4.78, 5) is 13.5. The van der Waals surface area contributed by atoms with Crippen LogP contribution in [0, 0.1) is 12.7 Å². The third-order valence-electron chi connectivity index (χ3n) is 7.08. The molecule has 0 bridgehead atoms. The number of carbonyl (C=O) groups is 1. The zero-order valence-electron chi connectivity index (χ0n) is 22.7. The summed E-state index contributed by atoms with van der Waals surface area (Å²) in [6.07, 6.45) is 0.771. The van der Waals surface area contributed by atoms with Crippen molar-refractivity contribution in [2.24, 2.45) is 0 Å². The van der Waals surface area contributed by atoms with Crippen molar-refractivity contribution in [3.05, 3.63) is 77.1 Å². The highest BCUT2D eigenvalue weighted by Crippen LogP contribution is 2.41. The minimum absolute atomic E-state index is 0.169. The molecule has 208 valence electrons. The molecule has 0 amide bonds. The maximum Gasteiger partial charge on any atom is 0.335 e. The number of benzene rings is 3. The molecule has 0 radical (unpaired) electrons. The van der Waals surface area contributed by atoms with Crippen molar-refractivity contribution in [1.82, 2.24) is 4.90 Å². The molecule has 0 aromatic heterocycles. The predicted molar refractivity (Wildman–Crippen MR) is 149 cm³/mol. The van der Waals surface area contributed by atoms with Crippen LogP contribution in [0.3, 0.4) is 0 Å². The number of nitrogens with zero attached hydrogens (tertiary/aromatic N) is 1. The molecule has 0 atom stereocenters. The van der Waals surface area contributed by atoms with Gasteiger partial charge in [-0.25, -0.2) is 13.6 Å². The zero-order valence-corrected chi connectivity index (χ0v) is 22.7. The summed E-state index contributed by atoms with van der Waals surface area (Å²) in [6, 6.07) is 15.2. The quantitative estimate of drug-likeness (QED) is 0.283. The van der Waals surface area contributed by atoms with E-state index in [2.05, 4.69) is 10.2 Å². The summed E-state index contributed by atoms with van der Waals surface area (Å²) >= 11 is 0. The first kappa shape index (κ1) is 28.4. The van der Waals surface area contributed by atoms with Crippen molar-refractivity contribution < 1.29 is 28.2 Å². The van der Waals surface area contributed by atoms with Gasteiger partial charge in [-0.3, -0.25) is 4.90 Å². The number of aryl methyl sites for hydroxylation is 1. The van der Waals surface area contributed by atoms with Gasteiger partial charge in [-0.05, 0) is 92.8 Å². The summed E-state index contributed by atoms with van der Waals surface area (Å²) in [5, 5.41) is 12.4. The Morgan fingerprint density at radius 1 is 1.00 bits per heavy atom. The highest BCUT2D eigenvalue weighted by molar-refractivity contribution is 5.89. The van der Waals surface area contributed by atoms with E-state index in [-0.39, 0.29) is 17.9 Å². The first-order valence-corrected chi connectivity index (χ1v) is 13.4. The normalized spacial score (nSPS) is 15.1. The Morgan fingerprint density at radius 2 is 1.62 bits per heavy atom. The Hall–Kier alpha value is -3.65. The third-order valence-corrected chi connectivity index (χ3v) is 7.08. The van der Waals surface area contributed by atoms with Crippen molar-refractivity contribution in [2.75, 3.05) is 38.2 Å². The van der Waals surface area contributed by atoms with Gasteiger partial charge in [0.25, 0.3) is 0 Å². The molecule has 0 aliphatic carbocycles. The van der Waals surface area contributed by atoms with Gasteiger partial charge in [0.15, 0.2) is 0 Å². The van der Waals surface area contributed by atoms with E-state index in [9.17, 15) is 14.3 Å². The van der Waals surface area contributed by atoms with Crippen LogP contribution in [-0.4, -0.2) is 54.5 Å². The fraction of sp³-hybridized carbons (Fsp3) is 0.387. The molecule has 0 unspecified atom stereocenters. The van der Waals surface area contributed by atoms with E-state index in [4.69, 9.17) is 9.47 Å². The smallest absolute Gasteiger partial charge is 0.335 e. The SMILES string of the molecule is CCOc1cc(CN2CCC(F)(CNc3ccc(C(=O)O)c(C)c3)CC2)cc(OCC)c1-c1ccc(F)cc1. The second-order valence-electron chi connectivity index (χ2n) is 9.96. The first-order chi connectivity index (χ1) is 18.7. The third kappa shape index (κ3) is 7.06. The van der Waals surface area contributed by atoms with Gasteiger partial charge in [-0.2, -0.15) is 0 Å². The molecular formula is C31H36F2N2O4. The van der Waals surface area contributed by atoms with Crippen LogP contribution in [0.1, 0.15) is 48.2 Å². The van der Waals surface area contributed by atoms with Gasteiger partial charge in [0, 0.05) is 31.9 Å². The molecule has 3 aromatic carbocycles. The molecule has 1 heterocycles. The summed E-state index contributed by atoms with van der Waals surface area (Å²) in [7, 11) is 0. The van der Waals surface area contributed by atoms with Crippen molar-refractivity contribution in [3.8, 4) is 22.6 Å². The Balaban J connectivity index is 1.43. The van der Waals surface area contributed by atoms with E-state index in [0.717, 1.165) is 16.7 Å². The number of likely N-dealkylation sites (tertiary alicyclic amines) is 1. The van der Waals surface area contributed by atoms with Crippen LogP contribution < -0.4 is 14.8 Å². The van der Waals surface area contributed by atoms with Gasteiger partial charge in [0.2, 0.25) is 0 Å². The number of alkyl halides is 1. The molecule has 39 heavy (non-hydrogen) atoms. The van der Waals surface area contributed by atoms with Crippen molar-refractivity contribution >= 4 is 11.7 Å². The summed E-state index contributed by atoms with van der Waals surface area (Å²) in [6.45, 7) is 8.52. The van der Waals surface area contributed by atoms with Crippen LogP contribution in [0.4, 0.5) is 14.5 Å². The maximum absolute atomic E-state index is 15.6. The van der Waals surface area contributed by atoms with Gasteiger partial charge in [-0.1, -0.05) is 12.1 Å². The van der Waals surface area contributed by atoms with Gasteiger partial charge >= 0.3 is 5.97 Å². The Labute approximate surface area is 228 Å². The van der Waals surface area contributed by atoms with Crippen LogP contribution in [0.5, 0.6) is 11.5 Å². The number of anilines is 1. The van der Waals surface area contributed by atoms with E-state index in [0.29, 0.717) is 68.4 Å². The Bertz CT molecular complexity index is 1260. The summed E-state index contributed by atoms with van der Waals surface area (Å²) in [5.74, 6) is 0.0765. The lowest BCUT2D eigenvalue weighted by Gasteiger charge is -2.37. The molecule has 1 fully saturated rings. The monoisotopic (exact) mass is 538 g/mol. The predicted octanol–water partition coefficient (Wildman–Crippen LogP) is 6.71. The van der Waals surface area contributed by atoms with E-state index in [1.54, 1.807) is 37.3 Å². The van der Waals surface area contributed by atoms with Crippen molar-refractivity contribution in [2.45, 2.75) is 45.8 Å². The highest BCUT2D eigenvalue weighted by Gasteiger charge is 2.34. The topological polar surface area (TPSA) is 71.0 Å². The summed E-state index contributed by atoms with van der Waals surface area (Å²) in [5.41, 5.74) is 2.86. The van der Waals surface area contributed by atoms with Gasteiger partial charge < -0.3 is 19.9 Å². The standard InChI is InChI=1S/C31H36F2N2O4/c1-4-38-27-17-22(18-28(39-5-2)29(27)23-6-8-24(32)9-7-23)19-35-14-12-31(33,13-15-35)20-34-25-10-11-26(30(36)37)21(3)16-25/h6-11,16-18,34H,4-5,12-15,19-20H2,1-3H3,(H,36,37). The molecule has 1 saturated heterocycles. The Kier molecular flexibility index (Phi) is 9.07. The zero-order chi connectivity index (χ0) is 28.0. The lowest BCUT2D eigenvalue weighted by molar-refractivity contribution is 0.0653. The average Bonchev–Trinajstić information content (AvgIpc) is 2.90. The molecule has 1 aliphatic heterocycles. The molecule has 0 spiro atoms. The van der Waals surface area contributed by atoms with E-state index in [1.807, 2.05) is 26.0 Å². The van der Waals surface area contributed by atoms with Crippen molar-refractivity contribution in [1.29, 1.82) is 0 Å². The second kappa shape index (κ2) is 12.5. The fourth-order valence-electron chi connectivity index (χ4n) is 5.00. The number of hydrogen-bond donors (Lipinski definition) is 2. The van der Waals surface area contributed by atoms with E-state index >= 15 is 4.39 Å². The lowest BCUT2D eigenvalue weighted by Crippen LogP contribution is -2.45. The lowest BCUT2D eigenvalue weighted by atomic mass is 9.92.